The van der Waals surface area contributed by atoms with Gasteiger partial charge < -0.3 is 4.74 Å². The van der Waals surface area contributed by atoms with Crippen LogP contribution in [0.4, 0.5) is 4.39 Å². The van der Waals surface area contributed by atoms with E-state index in [2.05, 4.69) is 19.6 Å². The maximum absolute atomic E-state index is 14.4. The molecular formula is C27H41FO. The van der Waals surface area contributed by atoms with Gasteiger partial charge in [0.25, 0.3) is 0 Å². The molecule has 0 N–H and O–H groups in total. The van der Waals surface area contributed by atoms with E-state index >= 15 is 0 Å². The Morgan fingerprint density at radius 2 is 1.69 bits per heavy atom. The summed E-state index contributed by atoms with van der Waals surface area (Å²) in [4.78, 5) is 0. The maximum atomic E-state index is 14.4. The number of rotatable bonds is 10. The van der Waals surface area contributed by atoms with Crippen molar-refractivity contribution in [2.75, 3.05) is 6.61 Å². The van der Waals surface area contributed by atoms with Crippen molar-refractivity contribution in [3.63, 3.8) is 0 Å². The van der Waals surface area contributed by atoms with Crippen LogP contribution in [0, 0.1) is 23.6 Å². The molecule has 0 aliphatic heterocycles. The lowest BCUT2D eigenvalue weighted by Crippen LogP contribution is -2.25. The zero-order valence-electron chi connectivity index (χ0n) is 18.5. The second kappa shape index (κ2) is 11.9. The van der Waals surface area contributed by atoms with Crippen molar-refractivity contribution in [1.29, 1.82) is 0 Å². The summed E-state index contributed by atoms with van der Waals surface area (Å²) in [5, 5.41) is 0. The summed E-state index contributed by atoms with van der Waals surface area (Å²) in [7, 11) is 0. The number of ether oxygens (including phenoxy) is 1. The first kappa shape index (κ1) is 22.5. The molecule has 0 unspecified atom stereocenters. The molecule has 0 aromatic heterocycles. The summed E-state index contributed by atoms with van der Waals surface area (Å²) >= 11 is 0. The van der Waals surface area contributed by atoms with E-state index in [1.54, 1.807) is 12.1 Å². The molecule has 29 heavy (non-hydrogen) atoms. The van der Waals surface area contributed by atoms with E-state index in [0.717, 1.165) is 17.8 Å². The molecule has 0 saturated heterocycles. The van der Waals surface area contributed by atoms with Crippen LogP contribution < -0.4 is 0 Å². The van der Waals surface area contributed by atoms with Gasteiger partial charge in [-0.05, 0) is 73.8 Å². The van der Waals surface area contributed by atoms with E-state index in [-0.39, 0.29) is 5.82 Å². The Hall–Kier alpha value is -1.15. The van der Waals surface area contributed by atoms with Gasteiger partial charge in [0.2, 0.25) is 0 Å². The molecule has 2 saturated carbocycles. The van der Waals surface area contributed by atoms with E-state index in [1.807, 2.05) is 6.07 Å². The van der Waals surface area contributed by atoms with Crippen molar-refractivity contribution in [2.45, 2.75) is 96.5 Å². The Kier molecular flexibility index (Phi) is 9.24. The predicted molar refractivity (Wildman–Crippen MR) is 121 cm³/mol. The molecule has 2 heteroatoms. The quantitative estimate of drug-likeness (QED) is 0.284. The number of benzene rings is 1. The van der Waals surface area contributed by atoms with Crippen molar-refractivity contribution < 1.29 is 9.13 Å². The highest BCUT2D eigenvalue weighted by molar-refractivity contribution is 5.27. The van der Waals surface area contributed by atoms with E-state index in [9.17, 15) is 4.39 Å². The standard InChI is InChI=1S/C27H41FO/c1-3-5-6-7-21-8-10-22(11-9-21)23-12-14-24(15-13-23)25-16-17-26(27(28)19-25)20-29-18-4-2/h4,16-17,19,21-24H,2-3,5-15,18,20H2,1H3/t21-,22-,23?,24?. The average Bonchev–Trinajstić information content (AvgIpc) is 2.76. The molecule has 1 aromatic rings. The lowest BCUT2D eigenvalue weighted by atomic mass is 9.68. The van der Waals surface area contributed by atoms with Gasteiger partial charge in [0.15, 0.2) is 0 Å². The van der Waals surface area contributed by atoms with Crippen LogP contribution in [0.2, 0.25) is 0 Å². The summed E-state index contributed by atoms with van der Waals surface area (Å²) < 4.78 is 19.8. The van der Waals surface area contributed by atoms with Gasteiger partial charge in [-0.25, -0.2) is 4.39 Å². The lowest BCUT2D eigenvalue weighted by molar-refractivity contribution is 0.146. The second-order valence-corrected chi connectivity index (χ2v) is 9.54. The first-order valence-electron chi connectivity index (χ1n) is 12.2. The number of hydrogen-bond acceptors (Lipinski definition) is 1. The summed E-state index contributed by atoms with van der Waals surface area (Å²) in [6.07, 6.45) is 18.3. The van der Waals surface area contributed by atoms with Gasteiger partial charge >= 0.3 is 0 Å². The van der Waals surface area contributed by atoms with Crippen LogP contribution in [0.1, 0.15) is 101 Å². The van der Waals surface area contributed by atoms with E-state index < -0.39 is 0 Å². The molecule has 162 valence electrons. The number of unbranched alkanes of at least 4 members (excludes halogenated alkanes) is 2. The first-order valence-corrected chi connectivity index (χ1v) is 12.2. The van der Waals surface area contributed by atoms with Crippen molar-refractivity contribution >= 4 is 0 Å². The fourth-order valence-corrected chi connectivity index (χ4v) is 5.74. The van der Waals surface area contributed by atoms with Crippen LogP contribution in [0.3, 0.4) is 0 Å². The van der Waals surface area contributed by atoms with Crippen LogP contribution in [0.25, 0.3) is 0 Å². The maximum Gasteiger partial charge on any atom is 0.129 e. The predicted octanol–water partition coefficient (Wildman–Crippen LogP) is 8.19. The molecule has 2 aliphatic rings. The van der Waals surface area contributed by atoms with Crippen LogP contribution >= 0.6 is 0 Å². The minimum Gasteiger partial charge on any atom is -0.373 e. The van der Waals surface area contributed by atoms with Crippen molar-refractivity contribution in [1.82, 2.24) is 0 Å². The van der Waals surface area contributed by atoms with Gasteiger partial charge in [-0.2, -0.15) is 0 Å². The first-order chi connectivity index (χ1) is 14.2. The zero-order chi connectivity index (χ0) is 20.5. The third kappa shape index (κ3) is 6.67. The molecule has 2 fully saturated rings. The van der Waals surface area contributed by atoms with E-state index in [4.69, 9.17) is 4.74 Å². The third-order valence-electron chi connectivity index (χ3n) is 7.59. The van der Waals surface area contributed by atoms with Crippen molar-refractivity contribution in [2.24, 2.45) is 17.8 Å². The molecular weight excluding hydrogens is 359 g/mol. The molecule has 1 nitrogen and oxygen atoms in total. The Bertz CT molecular complexity index is 609. The average molecular weight is 401 g/mol. The van der Waals surface area contributed by atoms with Crippen LogP contribution in [-0.2, 0) is 11.3 Å². The minimum absolute atomic E-state index is 0.116. The molecule has 0 atom stereocenters. The molecule has 2 aliphatic carbocycles. The van der Waals surface area contributed by atoms with Gasteiger partial charge in [0.1, 0.15) is 5.82 Å². The largest absolute Gasteiger partial charge is 0.373 e. The number of hydrogen-bond donors (Lipinski definition) is 0. The van der Waals surface area contributed by atoms with Gasteiger partial charge in [0.05, 0.1) is 13.2 Å². The highest BCUT2D eigenvalue weighted by atomic mass is 19.1. The summed E-state index contributed by atoms with van der Waals surface area (Å²) in [6.45, 7) is 6.72. The Morgan fingerprint density at radius 3 is 2.31 bits per heavy atom. The van der Waals surface area contributed by atoms with Gasteiger partial charge in [-0.3, -0.25) is 0 Å². The highest BCUT2D eigenvalue weighted by Gasteiger charge is 2.31. The van der Waals surface area contributed by atoms with Crippen LogP contribution in [0.15, 0.2) is 30.9 Å². The monoisotopic (exact) mass is 400 g/mol. The molecule has 1 aromatic carbocycles. The van der Waals surface area contributed by atoms with E-state index in [1.165, 1.54) is 82.6 Å². The Balaban J connectivity index is 1.42. The normalized spacial score (nSPS) is 27.7. The molecule has 0 amide bonds. The summed E-state index contributed by atoms with van der Waals surface area (Å²) in [6, 6.07) is 5.81. The van der Waals surface area contributed by atoms with Crippen molar-refractivity contribution in [3.05, 3.63) is 47.8 Å². The molecule has 3 rings (SSSR count). The van der Waals surface area contributed by atoms with Crippen molar-refractivity contribution in [3.8, 4) is 0 Å². The topological polar surface area (TPSA) is 9.23 Å². The Labute approximate surface area is 178 Å². The van der Waals surface area contributed by atoms with Crippen LogP contribution in [0.5, 0.6) is 0 Å². The summed E-state index contributed by atoms with van der Waals surface area (Å²) in [5.74, 6) is 3.30. The fraction of sp³-hybridized carbons (Fsp3) is 0.704. The van der Waals surface area contributed by atoms with E-state index in [0.29, 0.717) is 24.7 Å². The highest BCUT2D eigenvalue weighted by Crippen LogP contribution is 2.44. The third-order valence-corrected chi connectivity index (χ3v) is 7.59. The second-order valence-electron chi connectivity index (χ2n) is 9.54. The molecule has 0 spiro atoms. The fourth-order valence-electron chi connectivity index (χ4n) is 5.74. The summed E-state index contributed by atoms with van der Waals surface area (Å²) in [5.41, 5.74) is 1.84. The zero-order valence-corrected chi connectivity index (χ0v) is 18.5. The number of halogens is 1. The van der Waals surface area contributed by atoms with Crippen LogP contribution in [-0.4, -0.2) is 6.61 Å². The molecule has 0 heterocycles. The Morgan fingerprint density at radius 1 is 1.00 bits per heavy atom. The SMILES string of the molecule is C=CCOCc1ccc(C2CCC([C@H]3CC[C@H](CCCCC)CC3)CC2)cc1F. The lowest BCUT2D eigenvalue weighted by Gasteiger charge is -2.38. The van der Waals surface area contributed by atoms with Gasteiger partial charge in [-0.1, -0.05) is 63.7 Å². The molecule has 0 bridgehead atoms. The van der Waals surface area contributed by atoms with Gasteiger partial charge in [0, 0.05) is 5.56 Å². The van der Waals surface area contributed by atoms with Gasteiger partial charge in [-0.15, -0.1) is 6.58 Å². The minimum atomic E-state index is -0.116. The molecule has 0 radical (unpaired) electrons. The smallest absolute Gasteiger partial charge is 0.129 e.